The predicted octanol–water partition coefficient (Wildman–Crippen LogP) is 3.87. The minimum atomic E-state index is 0.0334. The third-order valence-electron chi connectivity index (χ3n) is 4.85. The SMILES string of the molecule is Cc1ccc(C)c(C(=O)NCCCN2c3ccccc3C[C@H]2C)c1. The summed E-state index contributed by atoms with van der Waals surface area (Å²) in [6.07, 6.45) is 2.07. The molecule has 0 aliphatic carbocycles. The van der Waals surface area contributed by atoms with Crippen LogP contribution in [0.1, 0.15) is 40.4 Å². The summed E-state index contributed by atoms with van der Waals surface area (Å²) in [6, 6.07) is 15.2. The number of rotatable bonds is 5. The fourth-order valence-corrected chi connectivity index (χ4v) is 3.50. The van der Waals surface area contributed by atoms with Crippen LogP contribution in [0.15, 0.2) is 42.5 Å². The van der Waals surface area contributed by atoms with E-state index >= 15 is 0 Å². The van der Waals surface area contributed by atoms with E-state index in [9.17, 15) is 4.79 Å². The van der Waals surface area contributed by atoms with Crippen LogP contribution < -0.4 is 10.2 Å². The van der Waals surface area contributed by atoms with E-state index in [2.05, 4.69) is 41.4 Å². The molecule has 1 amide bonds. The van der Waals surface area contributed by atoms with Gasteiger partial charge in [-0.25, -0.2) is 0 Å². The number of hydrogen-bond acceptors (Lipinski definition) is 2. The van der Waals surface area contributed by atoms with Gasteiger partial charge in [-0.2, -0.15) is 0 Å². The van der Waals surface area contributed by atoms with Crippen LogP contribution in [-0.4, -0.2) is 25.0 Å². The lowest BCUT2D eigenvalue weighted by Gasteiger charge is -2.25. The zero-order chi connectivity index (χ0) is 17.1. The maximum absolute atomic E-state index is 12.4. The first kappa shape index (κ1) is 16.6. The Morgan fingerprint density at radius 2 is 2.00 bits per heavy atom. The molecule has 0 spiro atoms. The summed E-state index contributed by atoms with van der Waals surface area (Å²) in [4.78, 5) is 14.8. The highest BCUT2D eigenvalue weighted by molar-refractivity contribution is 5.95. The van der Waals surface area contributed by atoms with Crippen molar-refractivity contribution >= 4 is 11.6 Å². The molecule has 0 bridgehead atoms. The number of aryl methyl sites for hydroxylation is 2. The normalized spacial score (nSPS) is 16.1. The van der Waals surface area contributed by atoms with Gasteiger partial charge in [-0.15, -0.1) is 0 Å². The molecule has 0 saturated heterocycles. The second kappa shape index (κ2) is 7.08. The second-order valence-corrected chi connectivity index (χ2v) is 6.80. The van der Waals surface area contributed by atoms with Gasteiger partial charge >= 0.3 is 0 Å². The van der Waals surface area contributed by atoms with E-state index in [0.29, 0.717) is 12.6 Å². The Bertz CT molecular complexity index is 738. The van der Waals surface area contributed by atoms with Crippen LogP contribution in [0.3, 0.4) is 0 Å². The standard InChI is InChI=1S/C21H26N2O/c1-15-9-10-16(2)19(13-15)21(24)22-11-6-12-23-17(3)14-18-7-4-5-8-20(18)23/h4-5,7-10,13,17H,6,11-12,14H2,1-3H3,(H,22,24)/t17-/m1/s1. The smallest absolute Gasteiger partial charge is 0.251 e. The Labute approximate surface area is 144 Å². The molecule has 0 radical (unpaired) electrons. The topological polar surface area (TPSA) is 32.3 Å². The van der Waals surface area contributed by atoms with Crippen molar-refractivity contribution in [2.75, 3.05) is 18.0 Å². The molecule has 1 atom stereocenters. The average Bonchev–Trinajstić information content (AvgIpc) is 2.89. The van der Waals surface area contributed by atoms with Crippen molar-refractivity contribution in [3.63, 3.8) is 0 Å². The lowest BCUT2D eigenvalue weighted by molar-refractivity contribution is 0.0952. The molecule has 0 unspecified atom stereocenters. The zero-order valence-corrected chi connectivity index (χ0v) is 14.8. The number of carbonyl (C=O) groups excluding carboxylic acids is 1. The summed E-state index contributed by atoms with van der Waals surface area (Å²) in [5.74, 6) is 0.0334. The molecule has 3 rings (SSSR count). The van der Waals surface area contributed by atoms with Crippen molar-refractivity contribution in [1.29, 1.82) is 0 Å². The van der Waals surface area contributed by atoms with Crippen LogP contribution in [0.5, 0.6) is 0 Å². The van der Waals surface area contributed by atoms with E-state index in [1.54, 1.807) is 0 Å². The van der Waals surface area contributed by atoms with Gasteiger partial charge in [0.05, 0.1) is 0 Å². The largest absolute Gasteiger partial charge is 0.368 e. The van der Waals surface area contributed by atoms with Gasteiger partial charge in [-0.1, -0.05) is 35.9 Å². The lowest BCUT2D eigenvalue weighted by Crippen LogP contribution is -2.33. The van der Waals surface area contributed by atoms with E-state index < -0.39 is 0 Å². The first-order valence-electron chi connectivity index (χ1n) is 8.76. The molecule has 2 aromatic carbocycles. The predicted molar refractivity (Wildman–Crippen MR) is 99.8 cm³/mol. The summed E-state index contributed by atoms with van der Waals surface area (Å²) in [7, 11) is 0. The van der Waals surface area contributed by atoms with Gasteiger partial charge in [0.2, 0.25) is 0 Å². The Balaban J connectivity index is 1.52. The molecule has 1 aliphatic rings. The molecular formula is C21H26N2O. The lowest BCUT2D eigenvalue weighted by atomic mass is 10.1. The van der Waals surface area contributed by atoms with Gasteiger partial charge < -0.3 is 10.2 Å². The van der Waals surface area contributed by atoms with E-state index in [4.69, 9.17) is 0 Å². The number of anilines is 1. The summed E-state index contributed by atoms with van der Waals surface area (Å²) in [6.45, 7) is 7.96. The highest BCUT2D eigenvalue weighted by atomic mass is 16.1. The fourth-order valence-electron chi connectivity index (χ4n) is 3.50. The fraction of sp³-hybridized carbons (Fsp3) is 0.381. The van der Waals surface area contributed by atoms with Crippen molar-refractivity contribution in [1.82, 2.24) is 5.32 Å². The van der Waals surface area contributed by atoms with Gasteiger partial charge in [0.25, 0.3) is 5.91 Å². The quantitative estimate of drug-likeness (QED) is 0.848. The Morgan fingerprint density at radius 3 is 2.83 bits per heavy atom. The van der Waals surface area contributed by atoms with Crippen molar-refractivity contribution in [3.8, 4) is 0 Å². The number of amides is 1. The van der Waals surface area contributed by atoms with Crippen LogP contribution >= 0.6 is 0 Å². The Hall–Kier alpha value is -2.29. The van der Waals surface area contributed by atoms with Crippen molar-refractivity contribution in [3.05, 3.63) is 64.7 Å². The number of hydrogen-bond donors (Lipinski definition) is 1. The first-order valence-corrected chi connectivity index (χ1v) is 8.76. The molecular weight excluding hydrogens is 296 g/mol. The summed E-state index contributed by atoms with van der Waals surface area (Å²) in [5, 5.41) is 3.06. The van der Waals surface area contributed by atoms with Crippen molar-refractivity contribution < 1.29 is 4.79 Å². The van der Waals surface area contributed by atoms with E-state index in [-0.39, 0.29) is 5.91 Å². The molecule has 3 nitrogen and oxygen atoms in total. The summed E-state index contributed by atoms with van der Waals surface area (Å²) in [5.41, 5.74) is 5.72. The molecule has 1 aliphatic heterocycles. The monoisotopic (exact) mass is 322 g/mol. The number of fused-ring (bicyclic) bond motifs is 1. The first-order chi connectivity index (χ1) is 11.6. The van der Waals surface area contributed by atoms with Gasteiger partial charge in [0.15, 0.2) is 0 Å². The van der Waals surface area contributed by atoms with Crippen molar-refractivity contribution in [2.24, 2.45) is 0 Å². The van der Waals surface area contributed by atoms with Crippen molar-refractivity contribution in [2.45, 2.75) is 39.7 Å². The Kier molecular flexibility index (Phi) is 4.89. The Morgan fingerprint density at radius 1 is 1.21 bits per heavy atom. The average molecular weight is 322 g/mol. The second-order valence-electron chi connectivity index (χ2n) is 6.80. The number of para-hydroxylation sites is 1. The third kappa shape index (κ3) is 3.45. The number of benzene rings is 2. The molecule has 1 N–H and O–H groups in total. The highest BCUT2D eigenvalue weighted by Gasteiger charge is 2.24. The number of carbonyl (C=O) groups is 1. The number of nitrogens with one attached hydrogen (secondary N) is 1. The van der Waals surface area contributed by atoms with Crippen LogP contribution in [0.2, 0.25) is 0 Å². The molecule has 2 aromatic rings. The maximum Gasteiger partial charge on any atom is 0.251 e. The van der Waals surface area contributed by atoms with Gasteiger partial charge in [0.1, 0.15) is 0 Å². The number of nitrogens with zero attached hydrogens (tertiary/aromatic N) is 1. The van der Waals surface area contributed by atoms with E-state index in [1.165, 1.54) is 11.3 Å². The molecule has 1 heterocycles. The van der Waals surface area contributed by atoms with Crippen LogP contribution in [-0.2, 0) is 6.42 Å². The minimum absolute atomic E-state index is 0.0334. The van der Waals surface area contributed by atoms with Crippen LogP contribution in [0, 0.1) is 13.8 Å². The summed E-state index contributed by atoms with van der Waals surface area (Å²) < 4.78 is 0. The summed E-state index contributed by atoms with van der Waals surface area (Å²) >= 11 is 0. The zero-order valence-electron chi connectivity index (χ0n) is 14.8. The van der Waals surface area contributed by atoms with Gasteiger partial charge in [-0.05, 0) is 56.9 Å². The minimum Gasteiger partial charge on any atom is -0.368 e. The molecule has 3 heteroatoms. The van der Waals surface area contributed by atoms with E-state index in [0.717, 1.165) is 36.1 Å². The van der Waals surface area contributed by atoms with Crippen LogP contribution in [0.25, 0.3) is 0 Å². The van der Waals surface area contributed by atoms with Gasteiger partial charge in [-0.3, -0.25) is 4.79 Å². The maximum atomic E-state index is 12.4. The molecule has 0 aromatic heterocycles. The van der Waals surface area contributed by atoms with Gasteiger partial charge in [0, 0.05) is 30.4 Å². The molecule has 126 valence electrons. The molecule has 0 fully saturated rings. The highest BCUT2D eigenvalue weighted by Crippen LogP contribution is 2.31. The van der Waals surface area contributed by atoms with Crippen LogP contribution in [0.4, 0.5) is 5.69 Å². The molecule has 0 saturated carbocycles. The molecule has 24 heavy (non-hydrogen) atoms. The third-order valence-corrected chi connectivity index (χ3v) is 4.85. The van der Waals surface area contributed by atoms with E-state index in [1.807, 2.05) is 32.0 Å².